The fraction of sp³-hybridized carbons (Fsp3) is 0.762. The molecule has 0 aromatic rings. The van der Waals surface area contributed by atoms with Crippen LogP contribution in [0.2, 0.25) is 0 Å². The molecule has 55 heavy (non-hydrogen) atoms. The van der Waals surface area contributed by atoms with Crippen LogP contribution in [0, 0.1) is 45.3 Å². The van der Waals surface area contributed by atoms with Crippen molar-refractivity contribution >= 4 is 23.1 Å². The Labute approximate surface area is 319 Å². The zero-order chi connectivity index (χ0) is 40.5. The number of hydrogen-bond donors (Lipinski definition) is 7. The lowest BCUT2D eigenvalue weighted by atomic mass is 9.44. The second-order valence-corrected chi connectivity index (χ2v) is 19.0. The molecule has 304 valence electrons. The van der Waals surface area contributed by atoms with Crippen LogP contribution in [0.5, 0.6) is 0 Å². The van der Waals surface area contributed by atoms with Crippen LogP contribution >= 0.6 is 0 Å². The number of aliphatic hydroxyl groups excluding tert-OH is 5. The van der Waals surface area contributed by atoms with Gasteiger partial charge < -0.3 is 35.7 Å². The number of ketones is 4. The molecule has 0 bridgehead atoms. The molecule has 0 heterocycles. The SMILES string of the molecule is C[C@]12C=CC(=O)C=C1CC[C@H]1[C@@H]3C[C@@H](O)[C@](O)(C(=O)CO)[C@@]3(C)C[C@H](O)[C@@]12F.C[C@]12CCC(=O)C=C1CC[C@H]1[C@@H]3CC[C@](O)(C(=O)CO)[C@@]3(C)C[C@H](O)[C@@]12F. The van der Waals surface area contributed by atoms with Crippen molar-refractivity contribution < 1.29 is 63.7 Å². The minimum absolute atomic E-state index is 0.0135. The third kappa shape index (κ3) is 4.83. The van der Waals surface area contributed by atoms with Crippen molar-refractivity contribution in [3.63, 3.8) is 0 Å². The second-order valence-electron chi connectivity index (χ2n) is 19.0. The molecule has 11 nitrogen and oxygen atoms in total. The van der Waals surface area contributed by atoms with Gasteiger partial charge in [-0.15, -0.1) is 0 Å². The van der Waals surface area contributed by atoms with Gasteiger partial charge in [-0.3, -0.25) is 19.2 Å². The van der Waals surface area contributed by atoms with Crippen molar-refractivity contribution in [3.05, 3.63) is 35.5 Å². The van der Waals surface area contributed by atoms with Gasteiger partial charge in [0.2, 0.25) is 0 Å². The van der Waals surface area contributed by atoms with E-state index in [2.05, 4.69) is 0 Å². The molecular weight excluding hydrogens is 718 g/mol. The number of hydrogen-bond acceptors (Lipinski definition) is 11. The molecule has 0 spiro atoms. The van der Waals surface area contributed by atoms with Crippen molar-refractivity contribution in [2.75, 3.05) is 13.2 Å². The quantitative estimate of drug-likeness (QED) is 0.221. The first kappa shape index (κ1) is 40.7. The number of Topliss-reactive ketones (excluding diaryl/α,β-unsaturated/α-hetero) is 2. The van der Waals surface area contributed by atoms with Crippen molar-refractivity contribution in [3.8, 4) is 0 Å². The van der Waals surface area contributed by atoms with Gasteiger partial charge in [-0.25, -0.2) is 8.78 Å². The predicted molar refractivity (Wildman–Crippen MR) is 192 cm³/mol. The lowest BCUT2D eigenvalue weighted by Gasteiger charge is -2.63. The molecule has 13 heteroatoms. The Morgan fingerprint density at radius 3 is 1.93 bits per heavy atom. The summed E-state index contributed by atoms with van der Waals surface area (Å²) in [5.41, 5.74) is -10.8. The van der Waals surface area contributed by atoms with Gasteiger partial charge in [0.25, 0.3) is 0 Å². The topological polar surface area (TPSA) is 210 Å². The van der Waals surface area contributed by atoms with Crippen LogP contribution in [-0.2, 0) is 19.2 Å². The van der Waals surface area contributed by atoms with Gasteiger partial charge in [0.05, 0.1) is 18.3 Å². The molecule has 0 aromatic carbocycles. The molecule has 0 aliphatic heterocycles. The van der Waals surface area contributed by atoms with Gasteiger partial charge in [0, 0.05) is 39.9 Å². The molecular formula is C42H56F2O11. The van der Waals surface area contributed by atoms with Crippen LogP contribution in [0.1, 0.15) is 98.3 Å². The summed E-state index contributed by atoms with van der Waals surface area (Å²) in [6.07, 6.45) is 4.58. The molecule has 0 aromatic heterocycles. The van der Waals surface area contributed by atoms with E-state index in [4.69, 9.17) is 0 Å². The second kappa shape index (κ2) is 12.7. The Morgan fingerprint density at radius 2 is 1.29 bits per heavy atom. The molecule has 8 aliphatic rings. The molecule has 8 rings (SSSR count). The molecule has 15 atom stereocenters. The van der Waals surface area contributed by atoms with Gasteiger partial charge in [-0.2, -0.15) is 0 Å². The summed E-state index contributed by atoms with van der Waals surface area (Å²) in [6, 6.07) is 0. The van der Waals surface area contributed by atoms with Crippen LogP contribution in [0.25, 0.3) is 0 Å². The van der Waals surface area contributed by atoms with Crippen LogP contribution in [0.3, 0.4) is 0 Å². The third-order valence-corrected chi connectivity index (χ3v) is 17.2. The normalized spacial score (nSPS) is 52.2. The predicted octanol–water partition coefficient (Wildman–Crippen LogP) is 2.49. The third-order valence-electron chi connectivity index (χ3n) is 17.2. The highest BCUT2D eigenvalue weighted by molar-refractivity contribution is 6.01. The number of allylic oxidation sites excluding steroid dienone is 5. The Hall–Kier alpha value is -2.52. The molecule has 8 aliphatic carbocycles. The van der Waals surface area contributed by atoms with E-state index in [0.717, 1.165) is 5.57 Å². The lowest BCUT2D eigenvalue weighted by Crippen LogP contribution is -2.69. The average Bonchev–Trinajstić information content (AvgIpc) is 3.52. The molecule has 0 amide bonds. The smallest absolute Gasteiger partial charge is 0.192 e. The van der Waals surface area contributed by atoms with E-state index in [9.17, 15) is 54.9 Å². The number of fused-ring (bicyclic) bond motifs is 10. The van der Waals surface area contributed by atoms with E-state index in [1.165, 1.54) is 18.2 Å². The fourth-order valence-electron chi connectivity index (χ4n) is 14.0. The Bertz CT molecular complexity index is 1790. The van der Waals surface area contributed by atoms with E-state index in [1.54, 1.807) is 26.8 Å². The van der Waals surface area contributed by atoms with E-state index in [0.29, 0.717) is 44.1 Å². The average molecular weight is 775 g/mol. The van der Waals surface area contributed by atoms with Gasteiger partial charge in [0.15, 0.2) is 34.4 Å². The van der Waals surface area contributed by atoms with Gasteiger partial charge >= 0.3 is 0 Å². The zero-order valence-corrected chi connectivity index (χ0v) is 32.1. The molecule has 0 radical (unpaired) electrons. The lowest BCUT2D eigenvalue weighted by molar-refractivity contribution is -0.226. The summed E-state index contributed by atoms with van der Waals surface area (Å²) in [6.45, 7) is 5.16. The number of aliphatic hydroxyl groups is 7. The number of halogens is 2. The highest BCUT2D eigenvalue weighted by atomic mass is 19.1. The molecule has 6 fully saturated rings. The summed E-state index contributed by atoms with van der Waals surface area (Å²) in [5.74, 6) is -3.74. The first-order valence-electron chi connectivity index (χ1n) is 19.8. The summed E-state index contributed by atoms with van der Waals surface area (Å²) in [7, 11) is 0. The van der Waals surface area contributed by atoms with Crippen LogP contribution in [0.4, 0.5) is 8.78 Å². The standard InChI is InChI=1S/C21H27FO6.C21H29FO5/c1-18-6-5-12(24)7-11(18)3-4-13-14-8-15(25)21(28,17(27)10-23)19(14,2)9-16(26)20(13,18)22;1-18-7-5-13(24)9-12(18)3-4-15-14-6-8-20(27,17(26)11-23)19(14,2)10-16(25)21(15,18)22/h5-7,13-16,23,25-26,28H,3-4,8-10H2,1-2H3;9,14-16,23,25,27H,3-8,10-11H2,1-2H3/t13-,14-,15+,16-,18-,19-,20-,21-;14-,15-,16-,18-,19-,20-,21-/m00/s1. The van der Waals surface area contributed by atoms with Crippen molar-refractivity contribution in [1.29, 1.82) is 0 Å². The number of carbonyl (C=O) groups excluding carboxylic acids is 4. The summed E-state index contributed by atoms with van der Waals surface area (Å²) in [4.78, 5) is 48.4. The molecule has 0 saturated heterocycles. The Balaban J connectivity index is 0.000000169. The van der Waals surface area contributed by atoms with Gasteiger partial charge in [-0.05, 0) is 101 Å². The molecule has 6 saturated carbocycles. The van der Waals surface area contributed by atoms with E-state index in [1.807, 2.05) is 6.92 Å². The summed E-state index contributed by atoms with van der Waals surface area (Å²) in [5, 5.41) is 73.7. The maximum absolute atomic E-state index is 16.8. The summed E-state index contributed by atoms with van der Waals surface area (Å²) >= 11 is 0. The van der Waals surface area contributed by atoms with Crippen molar-refractivity contribution in [1.82, 2.24) is 0 Å². The van der Waals surface area contributed by atoms with Gasteiger partial charge in [-0.1, -0.05) is 38.0 Å². The van der Waals surface area contributed by atoms with Crippen LogP contribution < -0.4 is 0 Å². The van der Waals surface area contributed by atoms with E-state index in [-0.39, 0.29) is 49.6 Å². The first-order chi connectivity index (χ1) is 25.5. The van der Waals surface area contributed by atoms with Crippen LogP contribution in [0.15, 0.2) is 35.5 Å². The highest BCUT2D eigenvalue weighted by Crippen LogP contribution is 2.71. The van der Waals surface area contributed by atoms with Crippen LogP contribution in [-0.4, -0.2) is 113 Å². The maximum atomic E-state index is 16.8. The van der Waals surface area contributed by atoms with E-state index < -0.39 is 105 Å². The number of rotatable bonds is 4. The first-order valence-corrected chi connectivity index (χ1v) is 19.8. The minimum atomic E-state index is -2.23. The monoisotopic (exact) mass is 774 g/mol. The maximum Gasteiger partial charge on any atom is 0.192 e. The largest absolute Gasteiger partial charge is 0.390 e. The highest BCUT2D eigenvalue weighted by Gasteiger charge is 2.77. The zero-order valence-electron chi connectivity index (χ0n) is 32.1. The minimum Gasteiger partial charge on any atom is -0.390 e. The number of alkyl halides is 2. The van der Waals surface area contributed by atoms with Crippen molar-refractivity contribution in [2.24, 2.45) is 45.3 Å². The van der Waals surface area contributed by atoms with Gasteiger partial charge in [0.1, 0.15) is 24.5 Å². The molecule has 0 unspecified atom stereocenters. The van der Waals surface area contributed by atoms with Crippen molar-refractivity contribution in [2.45, 2.75) is 139 Å². The van der Waals surface area contributed by atoms with E-state index >= 15 is 8.78 Å². The number of carbonyl (C=O) groups is 4. The Morgan fingerprint density at radius 1 is 0.709 bits per heavy atom. The Kier molecular flexibility index (Phi) is 9.42. The molecule has 7 N–H and O–H groups in total. The fourth-order valence-corrected chi connectivity index (χ4v) is 14.0. The summed E-state index contributed by atoms with van der Waals surface area (Å²) < 4.78 is 33.6.